The second-order valence-corrected chi connectivity index (χ2v) is 2.88. The van der Waals surface area contributed by atoms with Crippen molar-refractivity contribution in [3.63, 3.8) is 0 Å². The molecular formula is C9H12ClN3O. The summed E-state index contributed by atoms with van der Waals surface area (Å²) in [5, 5.41) is 3.36. The quantitative estimate of drug-likeness (QED) is 0.762. The molecule has 0 bridgehead atoms. The van der Waals surface area contributed by atoms with E-state index in [1.165, 1.54) is 6.20 Å². The van der Waals surface area contributed by atoms with Crippen molar-refractivity contribution >= 4 is 17.5 Å². The van der Waals surface area contributed by atoms with Gasteiger partial charge in [0.25, 0.3) is 0 Å². The summed E-state index contributed by atoms with van der Waals surface area (Å²) in [5.41, 5.74) is 0. The molecule has 1 N–H and O–H groups in total. The molecule has 1 rings (SSSR count). The number of ether oxygens (including phenoxy) is 1. The summed E-state index contributed by atoms with van der Waals surface area (Å²) in [6.07, 6.45) is 3.14. The van der Waals surface area contributed by atoms with Crippen LogP contribution in [0, 0.1) is 0 Å². The first-order valence-electron chi connectivity index (χ1n) is 4.28. The van der Waals surface area contributed by atoms with Gasteiger partial charge in [0.05, 0.1) is 6.20 Å². The van der Waals surface area contributed by atoms with Gasteiger partial charge in [-0.2, -0.15) is 4.98 Å². The molecule has 0 saturated carbocycles. The predicted molar refractivity (Wildman–Crippen MR) is 56.9 cm³/mol. The SMILES string of the molecule is C=CCOc1nc(NCC)ncc1Cl. The zero-order valence-corrected chi connectivity index (χ0v) is 8.71. The molecule has 0 atom stereocenters. The van der Waals surface area contributed by atoms with Crippen molar-refractivity contribution in [2.24, 2.45) is 0 Å². The maximum Gasteiger partial charge on any atom is 0.237 e. The maximum atomic E-state index is 5.82. The molecule has 14 heavy (non-hydrogen) atoms. The van der Waals surface area contributed by atoms with E-state index in [9.17, 15) is 0 Å². The molecule has 0 saturated heterocycles. The van der Waals surface area contributed by atoms with Crippen LogP contribution in [-0.2, 0) is 0 Å². The van der Waals surface area contributed by atoms with Gasteiger partial charge in [-0.25, -0.2) is 4.98 Å². The van der Waals surface area contributed by atoms with Crippen LogP contribution in [0.3, 0.4) is 0 Å². The molecule has 0 unspecified atom stereocenters. The van der Waals surface area contributed by atoms with Gasteiger partial charge >= 0.3 is 0 Å². The van der Waals surface area contributed by atoms with Gasteiger partial charge in [0.15, 0.2) is 0 Å². The molecule has 0 aliphatic carbocycles. The fourth-order valence-electron chi connectivity index (χ4n) is 0.834. The minimum atomic E-state index is 0.373. The standard InChI is InChI=1S/C9H12ClN3O/c1-3-5-14-8-7(10)6-12-9(13-8)11-4-2/h3,6H,1,4-5H2,2H3,(H,11,12,13). The van der Waals surface area contributed by atoms with Gasteiger partial charge in [0, 0.05) is 6.54 Å². The third kappa shape index (κ3) is 2.88. The van der Waals surface area contributed by atoms with Gasteiger partial charge < -0.3 is 10.1 Å². The Hall–Kier alpha value is -1.29. The van der Waals surface area contributed by atoms with Crippen molar-refractivity contribution in [1.82, 2.24) is 9.97 Å². The summed E-state index contributed by atoms with van der Waals surface area (Å²) in [4.78, 5) is 8.05. The largest absolute Gasteiger partial charge is 0.472 e. The summed E-state index contributed by atoms with van der Waals surface area (Å²) in [5.74, 6) is 0.883. The first-order chi connectivity index (χ1) is 6.77. The van der Waals surface area contributed by atoms with Crippen LogP contribution in [0.2, 0.25) is 5.02 Å². The van der Waals surface area contributed by atoms with Crippen LogP contribution in [0.5, 0.6) is 5.88 Å². The topological polar surface area (TPSA) is 47.0 Å². The zero-order chi connectivity index (χ0) is 10.4. The Morgan fingerprint density at radius 2 is 2.50 bits per heavy atom. The highest BCUT2D eigenvalue weighted by atomic mass is 35.5. The zero-order valence-electron chi connectivity index (χ0n) is 7.96. The summed E-state index contributed by atoms with van der Waals surface area (Å²) in [6.45, 7) is 6.63. The van der Waals surface area contributed by atoms with Crippen LogP contribution in [-0.4, -0.2) is 23.1 Å². The molecule has 0 spiro atoms. The van der Waals surface area contributed by atoms with Crippen molar-refractivity contribution in [2.75, 3.05) is 18.5 Å². The predicted octanol–water partition coefficient (Wildman–Crippen LogP) is 2.13. The van der Waals surface area contributed by atoms with Crippen molar-refractivity contribution in [3.05, 3.63) is 23.9 Å². The normalized spacial score (nSPS) is 9.57. The van der Waals surface area contributed by atoms with Crippen LogP contribution in [0.15, 0.2) is 18.9 Å². The summed E-state index contributed by atoms with van der Waals surface area (Å²) in [7, 11) is 0. The number of aromatic nitrogens is 2. The number of hydrogen-bond donors (Lipinski definition) is 1. The molecule has 0 radical (unpaired) electrons. The average Bonchev–Trinajstić information content (AvgIpc) is 2.19. The Bertz CT molecular complexity index is 317. The van der Waals surface area contributed by atoms with Crippen molar-refractivity contribution in [1.29, 1.82) is 0 Å². The van der Waals surface area contributed by atoms with E-state index in [0.717, 1.165) is 6.54 Å². The lowest BCUT2D eigenvalue weighted by Gasteiger charge is -2.06. The van der Waals surface area contributed by atoms with Gasteiger partial charge in [0.1, 0.15) is 11.6 Å². The van der Waals surface area contributed by atoms with Gasteiger partial charge in [-0.3, -0.25) is 0 Å². The summed E-state index contributed by atoms with van der Waals surface area (Å²) >= 11 is 5.82. The Kier molecular flexibility index (Phi) is 4.19. The van der Waals surface area contributed by atoms with E-state index in [1.807, 2.05) is 6.92 Å². The fourth-order valence-corrected chi connectivity index (χ4v) is 0.979. The molecule has 0 aliphatic heterocycles. The minimum absolute atomic E-state index is 0.373. The second kappa shape index (κ2) is 5.44. The summed E-state index contributed by atoms with van der Waals surface area (Å²) < 4.78 is 5.23. The Balaban J connectivity index is 2.78. The highest BCUT2D eigenvalue weighted by Gasteiger charge is 2.04. The molecule has 1 aromatic rings. The van der Waals surface area contributed by atoms with E-state index in [4.69, 9.17) is 16.3 Å². The third-order valence-electron chi connectivity index (χ3n) is 1.38. The van der Waals surface area contributed by atoms with Gasteiger partial charge in [-0.1, -0.05) is 24.3 Å². The van der Waals surface area contributed by atoms with Gasteiger partial charge in [-0.15, -0.1) is 0 Å². The van der Waals surface area contributed by atoms with E-state index >= 15 is 0 Å². The van der Waals surface area contributed by atoms with E-state index in [1.54, 1.807) is 6.08 Å². The Morgan fingerprint density at radius 3 is 3.14 bits per heavy atom. The maximum absolute atomic E-state index is 5.82. The third-order valence-corrected chi connectivity index (χ3v) is 1.64. The second-order valence-electron chi connectivity index (χ2n) is 2.48. The molecule has 4 nitrogen and oxygen atoms in total. The minimum Gasteiger partial charge on any atom is -0.472 e. The van der Waals surface area contributed by atoms with Crippen molar-refractivity contribution in [3.8, 4) is 5.88 Å². The fraction of sp³-hybridized carbons (Fsp3) is 0.333. The smallest absolute Gasteiger partial charge is 0.237 e. The number of rotatable bonds is 5. The molecule has 0 amide bonds. The van der Waals surface area contributed by atoms with Crippen LogP contribution in [0.25, 0.3) is 0 Å². The van der Waals surface area contributed by atoms with E-state index in [-0.39, 0.29) is 0 Å². The number of anilines is 1. The van der Waals surface area contributed by atoms with Crippen LogP contribution in [0.4, 0.5) is 5.95 Å². The van der Waals surface area contributed by atoms with Crippen LogP contribution < -0.4 is 10.1 Å². The van der Waals surface area contributed by atoms with E-state index < -0.39 is 0 Å². The summed E-state index contributed by atoms with van der Waals surface area (Å²) in [6, 6.07) is 0. The molecule has 76 valence electrons. The van der Waals surface area contributed by atoms with Crippen LogP contribution >= 0.6 is 11.6 Å². The highest BCUT2D eigenvalue weighted by Crippen LogP contribution is 2.21. The number of hydrogen-bond acceptors (Lipinski definition) is 4. The highest BCUT2D eigenvalue weighted by molar-refractivity contribution is 6.31. The van der Waals surface area contributed by atoms with E-state index in [2.05, 4.69) is 21.9 Å². The number of nitrogens with zero attached hydrogens (tertiary/aromatic N) is 2. The Morgan fingerprint density at radius 1 is 1.71 bits per heavy atom. The lowest BCUT2D eigenvalue weighted by molar-refractivity contribution is 0.349. The molecule has 1 aromatic heterocycles. The molecule has 0 aliphatic rings. The molecule has 1 heterocycles. The molecule has 5 heteroatoms. The first-order valence-corrected chi connectivity index (χ1v) is 4.65. The average molecular weight is 214 g/mol. The van der Waals surface area contributed by atoms with Gasteiger partial charge in [0.2, 0.25) is 11.8 Å². The lowest BCUT2D eigenvalue weighted by atomic mass is 10.6. The molecular weight excluding hydrogens is 202 g/mol. The Labute approximate surface area is 88.0 Å². The van der Waals surface area contributed by atoms with Gasteiger partial charge in [-0.05, 0) is 6.92 Å². The van der Waals surface area contributed by atoms with E-state index in [0.29, 0.717) is 23.5 Å². The first kappa shape index (κ1) is 10.8. The lowest BCUT2D eigenvalue weighted by Crippen LogP contribution is -2.04. The number of nitrogens with one attached hydrogen (secondary N) is 1. The van der Waals surface area contributed by atoms with Crippen molar-refractivity contribution in [2.45, 2.75) is 6.92 Å². The van der Waals surface area contributed by atoms with Crippen LogP contribution in [0.1, 0.15) is 6.92 Å². The monoisotopic (exact) mass is 213 g/mol. The number of halogens is 1. The molecule has 0 aromatic carbocycles. The van der Waals surface area contributed by atoms with Crippen molar-refractivity contribution < 1.29 is 4.74 Å². The molecule has 0 fully saturated rings.